The quantitative estimate of drug-likeness (QED) is 0.186. The molecule has 0 N–H and O–H groups in total. The molecule has 0 saturated heterocycles. The number of halogens is 2. The zero-order chi connectivity index (χ0) is 23.2. The second kappa shape index (κ2) is 10.8. The Hall–Kier alpha value is -2.94. The van der Waals surface area contributed by atoms with Crippen molar-refractivity contribution in [3.8, 4) is 11.5 Å². The monoisotopic (exact) mass is 543 g/mol. The number of ether oxygens (including phenoxy) is 2. The first kappa shape index (κ1) is 23.2. The second-order valence-corrected chi connectivity index (χ2v) is 9.16. The summed E-state index contributed by atoms with van der Waals surface area (Å²) in [5, 5.41) is 6.75. The van der Waals surface area contributed by atoms with Gasteiger partial charge in [-0.25, -0.2) is 4.98 Å². The number of hydrazone groups is 1. The molecule has 9 heteroatoms. The Labute approximate surface area is 208 Å². The number of benzene rings is 3. The van der Waals surface area contributed by atoms with Crippen LogP contribution in [0.3, 0.4) is 0 Å². The molecule has 0 radical (unpaired) electrons. The summed E-state index contributed by atoms with van der Waals surface area (Å²) in [5.74, 6) is 0.956. The molecule has 0 aliphatic carbocycles. The summed E-state index contributed by atoms with van der Waals surface area (Å²) in [5.41, 5.74) is 1.60. The van der Waals surface area contributed by atoms with Crippen molar-refractivity contribution in [2.75, 3.05) is 18.2 Å². The molecule has 0 bridgehead atoms. The van der Waals surface area contributed by atoms with Gasteiger partial charge in [-0.05, 0) is 79.2 Å². The van der Waals surface area contributed by atoms with Crippen LogP contribution < -0.4 is 14.5 Å². The molecule has 6 nitrogen and oxygen atoms in total. The lowest BCUT2D eigenvalue weighted by molar-refractivity contribution is -0.120. The Morgan fingerprint density at radius 1 is 1.09 bits per heavy atom. The average Bonchev–Trinajstić information content (AvgIpc) is 3.23. The Morgan fingerprint density at radius 3 is 2.52 bits per heavy atom. The van der Waals surface area contributed by atoms with Gasteiger partial charge in [0.15, 0.2) is 6.61 Å². The molecule has 1 aromatic heterocycles. The first-order chi connectivity index (χ1) is 16.0. The van der Waals surface area contributed by atoms with Crippen LogP contribution in [0.2, 0.25) is 5.02 Å². The summed E-state index contributed by atoms with van der Waals surface area (Å²) in [4.78, 5) is 17.7. The molecule has 33 heavy (non-hydrogen) atoms. The van der Waals surface area contributed by atoms with Crippen LogP contribution in [0.4, 0.5) is 5.13 Å². The van der Waals surface area contributed by atoms with Gasteiger partial charge in [-0.15, -0.1) is 0 Å². The van der Waals surface area contributed by atoms with Crippen molar-refractivity contribution < 1.29 is 14.3 Å². The van der Waals surface area contributed by atoms with E-state index in [2.05, 4.69) is 26.0 Å². The van der Waals surface area contributed by atoms with Gasteiger partial charge < -0.3 is 9.47 Å². The van der Waals surface area contributed by atoms with Gasteiger partial charge in [0.2, 0.25) is 5.13 Å². The molecule has 1 heterocycles. The average molecular weight is 545 g/mol. The molecular formula is C24H19BrClN3O3S. The van der Waals surface area contributed by atoms with Gasteiger partial charge in [0.1, 0.15) is 11.5 Å². The van der Waals surface area contributed by atoms with Crippen molar-refractivity contribution in [2.45, 2.75) is 6.92 Å². The number of carbonyl (C=O) groups excluding carboxylic acids is 1. The summed E-state index contributed by atoms with van der Waals surface area (Å²) >= 11 is 10.8. The summed E-state index contributed by atoms with van der Waals surface area (Å²) < 4.78 is 13.0. The maximum absolute atomic E-state index is 13.1. The number of amides is 1. The highest BCUT2D eigenvalue weighted by molar-refractivity contribution is 9.10. The molecule has 4 aromatic rings. The Balaban J connectivity index is 1.58. The van der Waals surface area contributed by atoms with Crippen molar-refractivity contribution in [2.24, 2.45) is 5.10 Å². The third kappa shape index (κ3) is 6.10. The van der Waals surface area contributed by atoms with Gasteiger partial charge in [-0.1, -0.05) is 38.9 Å². The van der Waals surface area contributed by atoms with E-state index in [9.17, 15) is 4.79 Å². The van der Waals surface area contributed by atoms with E-state index in [1.54, 1.807) is 30.5 Å². The molecule has 1 amide bonds. The molecule has 0 saturated carbocycles. The maximum atomic E-state index is 13.1. The normalized spacial score (nSPS) is 11.1. The van der Waals surface area contributed by atoms with Crippen LogP contribution >= 0.6 is 38.9 Å². The van der Waals surface area contributed by atoms with Gasteiger partial charge in [0.25, 0.3) is 5.91 Å². The number of fused-ring (bicyclic) bond motifs is 1. The van der Waals surface area contributed by atoms with Crippen LogP contribution in [-0.4, -0.2) is 30.3 Å². The molecule has 168 valence electrons. The van der Waals surface area contributed by atoms with Crippen LogP contribution in [0.25, 0.3) is 10.2 Å². The van der Waals surface area contributed by atoms with Crippen LogP contribution in [0.1, 0.15) is 12.5 Å². The van der Waals surface area contributed by atoms with E-state index in [1.807, 2.05) is 49.4 Å². The molecule has 0 fully saturated rings. The number of hydrogen-bond donors (Lipinski definition) is 0. The Kier molecular flexibility index (Phi) is 7.59. The minimum Gasteiger partial charge on any atom is -0.494 e. The van der Waals surface area contributed by atoms with Crippen LogP contribution in [0, 0.1) is 0 Å². The minimum absolute atomic E-state index is 0.206. The number of thiazole rings is 1. The Morgan fingerprint density at radius 2 is 1.79 bits per heavy atom. The predicted molar refractivity (Wildman–Crippen MR) is 137 cm³/mol. The molecule has 0 aliphatic rings. The number of rotatable bonds is 8. The van der Waals surface area contributed by atoms with E-state index in [-0.39, 0.29) is 12.5 Å². The van der Waals surface area contributed by atoms with Crippen LogP contribution in [-0.2, 0) is 4.79 Å². The zero-order valence-electron chi connectivity index (χ0n) is 17.6. The molecule has 0 unspecified atom stereocenters. The number of carbonyl (C=O) groups is 1. The first-order valence-electron chi connectivity index (χ1n) is 10.1. The van der Waals surface area contributed by atoms with Crippen LogP contribution in [0.5, 0.6) is 11.5 Å². The van der Waals surface area contributed by atoms with Gasteiger partial charge in [-0.3, -0.25) is 4.79 Å². The standard InChI is InChI=1S/C24H19BrClN3O3S/c1-2-31-19-8-3-16(4-9-19)14-27-29(23(30)15-32-20-10-6-18(26)7-11-20)24-28-21-12-5-17(25)13-22(21)33-24/h3-14H,2,15H2,1H3/b27-14+. The summed E-state index contributed by atoms with van der Waals surface area (Å²) in [6.07, 6.45) is 1.61. The predicted octanol–water partition coefficient (Wildman–Crippen LogP) is 6.56. The van der Waals surface area contributed by atoms with E-state index in [0.29, 0.717) is 22.5 Å². The summed E-state index contributed by atoms with van der Waals surface area (Å²) in [7, 11) is 0. The maximum Gasteiger partial charge on any atom is 0.287 e. The second-order valence-electron chi connectivity index (χ2n) is 6.80. The minimum atomic E-state index is -0.356. The topological polar surface area (TPSA) is 64.0 Å². The van der Waals surface area contributed by atoms with Crippen molar-refractivity contribution >= 4 is 66.3 Å². The number of hydrogen-bond acceptors (Lipinski definition) is 6. The fraction of sp³-hybridized carbons (Fsp3) is 0.125. The first-order valence-corrected chi connectivity index (χ1v) is 12.0. The SMILES string of the molecule is CCOc1ccc(/C=N/N(C(=O)COc2ccc(Cl)cc2)c2nc3ccc(Br)cc3s2)cc1. The molecule has 0 spiro atoms. The fourth-order valence-electron chi connectivity index (χ4n) is 2.88. The van der Waals surface area contributed by atoms with Crippen LogP contribution in [0.15, 0.2) is 76.3 Å². The number of nitrogens with zero attached hydrogens (tertiary/aromatic N) is 3. The van der Waals surface area contributed by atoms with Gasteiger partial charge in [-0.2, -0.15) is 10.1 Å². The lowest BCUT2D eigenvalue weighted by atomic mass is 10.2. The highest BCUT2D eigenvalue weighted by Crippen LogP contribution is 2.31. The fourth-order valence-corrected chi connectivity index (χ4v) is 4.49. The largest absolute Gasteiger partial charge is 0.494 e. The van der Waals surface area contributed by atoms with E-state index in [4.69, 9.17) is 21.1 Å². The van der Waals surface area contributed by atoms with Crippen molar-refractivity contribution in [3.05, 3.63) is 81.8 Å². The van der Waals surface area contributed by atoms with Crippen molar-refractivity contribution in [1.29, 1.82) is 0 Å². The molecule has 0 atom stereocenters. The van der Waals surface area contributed by atoms with Gasteiger partial charge in [0, 0.05) is 9.50 Å². The molecule has 3 aromatic carbocycles. The highest BCUT2D eigenvalue weighted by atomic mass is 79.9. The van der Waals surface area contributed by atoms with Gasteiger partial charge >= 0.3 is 0 Å². The molecule has 4 rings (SSSR count). The highest BCUT2D eigenvalue weighted by Gasteiger charge is 2.20. The smallest absolute Gasteiger partial charge is 0.287 e. The Bertz CT molecular complexity index is 1280. The van der Waals surface area contributed by atoms with E-state index < -0.39 is 0 Å². The molecule has 0 aliphatic heterocycles. The van der Waals surface area contributed by atoms with E-state index >= 15 is 0 Å². The number of anilines is 1. The van der Waals surface area contributed by atoms with E-state index in [0.717, 1.165) is 26.0 Å². The zero-order valence-corrected chi connectivity index (χ0v) is 20.7. The lowest BCUT2D eigenvalue weighted by Crippen LogP contribution is -2.30. The summed E-state index contributed by atoms with van der Waals surface area (Å²) in [6.45, 7) is 2.32. The van der Waals surface area contributed by atoms with Crippen molar-refractivity contribution in [1.82, 2.24) is 4.98 Å². The van der Waals surface area contributed by atoms with Gasteiger partial charge in [0.05, 0.1) is 23.0 Å². The van der Waals surface area contributed by atoms with Crippen molar-refractivity contribution in [3.63, 3.8) is 0 Å². The van der Waals surface area contributed by atoms with E-state index in [1.165, 1.54) is 16.3 Å². The number of aromatic nitrogens is 1. The lowest BCUT2D eigenvalue weighted by Gasteiger charge is -2.14. The molecular weight excluding hydrogens is 526 g/mol. The summed E-state index contributed by atoms with van der Waals surface area (Å²) in [6, 6.07) is 20.0. The third-order valence-electron chi connectivity index (χ3n) is 4.45. The third-order valence-corrected chi connectivity index (χ3v) is 6.18.